The number of aromatic nitrogens is 6. The summed E-state index contributed by atoms with van der Waals surface area (Å²) in [6.45, 7) is 4.00. The molecular weight excluding hydrogens is 383 g/mol. The summed E-state index contributed by atoms with van der Waals surface area (Å²) in [6, 6.07) is 7.53. The predicted molar refractivity (Wildman–Crippen MR) is 107 cm³/mol. The molecule has 0 fully saturated rings. The average Bonchev–Trinajstić information content (AvgIpc) is 3.26. The van der Waals surface area contributed by atoms with Crippen LogP contribution in [0.4, 0.5) is 0 Å². The highest BCUT2D eigenvalue weighted by atomic mass is 35.5. The lowest BCUT2D eigenvalue weighted by Gasteiger charge is -2.08. The largest absolute Gasteiger partial charge is 0.272 e. The molecule has 0 unspecified atom stereocenters. The van der Waals surface area contributed by atoms with Gasteiger partial charge in [0.1, 0.15) is 5.69 Å². The highest BCUT2D eigenvalue weighted by Crippen LogP contribution is 2.40. The molecular formula is C19H18Cl2N6. The SMILES string of the molecule is Cc1c(-c2nn(-c3cccc(Cl)c3)c(-c3cnn(C)c3C)c2Cl)cnn1C. The first-order valence-electron chi connectivity index (χ1n) is 8.41. The molecule has 0 saturated heterocycles. The Morgan fingerprint density at radius 3 is 2.07 bits per heavy atom. The highest BCUT2D eigenvalue weighted by molar-refractivity contribution is 6.35. The quantitative estimate of drug-likeness (QED) is 0.504. The lowest BCUT2D eigenvalue weighted by atomic mass is 10.1. The molecule has 0 atom stereocenters. The van der Waals surface area contributed by atoms with Gasteiger partial charge in [-0.05, 0) is 32.0 Å². The van der Waals surface area contributed by atoms with Gasteiger partial charge in [-0.15, -0.1) is 0 Å². The fourth-order valence-corrected chi connectivity index (χ4v) is 3.57. The van der Waals surface area contributed by atoms with Crippen molar-refractivity contribution >= 4 is 23.2 Å². The zero-order valence-corrected chi connectivity index (χ0v) is 16.9. The summed E-state index contributed by atoms with van der Waals surface area (Å²) in [6.07, 6.45) is 3.59. The minimum atomic E-state index is 0.558. The van der Waals surface area contributed by atoms with E-state index in [2.05, 4.69) is 10.2 Å². The lowest BCUT2D eigenvalue weighted by Crippen LogP contribution is -2.00. The van der Waals surface area contributed by atoms with Crippen molar-refractivity contribution in [2.24, 2.45) is 14.1 Å². The van der Waals surface area contributed by atoms with Crippen molar-refractivity contribution in [3.8, 4) is 28.2 Å². The van der Waals surface area contributed by atoms with Crippen LogP contribution in [0.15, 0.2) is 36.7 Å². The third-order valence-electron chi connectivity index (χ3n) is 4.86. The van der Waals surface area contributed by atoms with E-state index in [4.69, 9.17) is 28.3 Å². The van der Waals surface area contributed by atoms with Gasteiger partial charge >= 0.3 is 0 Å². The summed E-state index contributed by atoms with van der Waals surface area (Å²) >= 11 is 13.1. The first kappa shape index (κ1) is 17.8. The number of hydrogen-bond acceptors (Lipinski definition) is 3. The summed E-state index contributed by atoms with van der Waals surface area (Å²) in [5.74, 6) is 0. The third-order valence-corrected chi connectivity index (χ3v) is 5.45. The van der Waals surface area contributed by atoms with Gasteiger partial charge in [-0.25, -0.2) is 4.68 Å². The van der Waals surface area contributed by atoms with E-state index < -0.39 is 0 Å². The van der Waals surface area contributed by atoms with Crippen molar-refractivity contribution in [2.75, 3.05) is 0 Å². The Morgan fingerprint density at radius 2 is 1.52 bits per heavy atom. The van der Waals surface area contributed by atoms with E-state index in [-0.39, 0.29) is 0 Å². The minimum Gasteiger partial charge on any atom is -0.272 e. The van der Waals surface area contributed by atoms with Gasteiger partial charge in [-0.1, -0.05) is 29.3 Å². The molecule has 27 heavy (non-hydrogen) atoms. The van der Waals surface area contributed by atoms with E-state index in [1.165, 1.54) is 0 Å². The van der Waals surface area contributed by atoms with Crippen molar-refractivity contribution in [3.05, 3.63) is 58.1 Å². The molecule has 8 heteroatoms. The molecule has 3 heterocycles. The number of aryl methyl sites for hydroxylation is 2. The summed E-state index contributed by atoms with van der Waals surface area (Å²) in [5.41, 5.74) is 6.09. The molecule has 0 bridgehead atoms. The Balaban J connectivity index is 2.04. The predicted octanol–water partition coefficient (Wildman–Crippen LogP) is 4.60. The summed E-state index contributed by atoms with van der Waals surface area (Å²) in [7, 11) is 3.80. The smallest absolute Gasteiger partial charge is 0.115 e. The molecule has 6 nitrogen and oxygen atoms in total. The van der Waals surface area contributed by atoms with Crippen LogP contribution >= 0.6 is 23.2 Å². The summed E-state index contributed by atoms with van der Waals surface area (Å²) < 4.78 is 5.44. The normalized spacial score (nSPS) is 11.3. The van der Waals surface area contributed by atoms with E-state index in [0.717, 1.165) is 33.9 Å². The molecule has 4 aromatic rings. The van der Waals surface area contributed by atoms with Crippen molar-refractivity contribution in [2.45, 2.75) is 13.8 Å². The van der Waals surface area contributed by atoms with Gasteiger partial charge in [-0.3, -0.25) is 9.36 Å². The molecule has 0 aliphatic carbocycles. The summed E-state index contributed by atoms with van der Waals surface area (Å²) in [5, 5.41) is 14.7. The van der Waals surface area contributed by atoms with Crippen LogP contribution in [-0.4, -0.2) is 29.3 Å². The fraction of sp³-hybridized carbons (Fsp3) is 0.211. The maximum absolute atomic E-state index is 6.86. The molecule has 1 aromatic carbocycles. The molecule has 4 rings (SSSR count). The molecule has 0 N–H and O–H groups in total. The van der Waals surface area contributed by atoms with E-state index >= 15 is 0 Å². The van der Waals surface area contributed by atoms with E-state index in [1.54, 1.807) is 17.1 Å². The van der Waals surface area contributed by atoms with Crippen molar-refractivity contribution in [1.82, 2.24) is 29.3 Å². The van der Waals surface area contributed by atoms with Gasteiger partial charge in [0, 0.05) is 41.6 Å². The molecule has 0 radical (unpaired) electrons. The topological polar surface area (TPSA) is 53.5 Å². The van der Waals surface area contributed by atoms with Gasteiger partial charge in [0.2, 0.25) is 0 Å². The molecule has 0 aliphatic rings. The molecule has 138 valence electrons. The molecule has 0 amide bonds. The maximum Gasteiger partial charge on any atom is 0.115 e. The fourth-order valence-electron chi connectivity index (χ4n) is 3.06. The van der Waals surface area contributed by atoms with Crippen LogP contribution in [0.2, 0.25) is 10.0 Å². The highest BCUT2D eigenvalue weighted by Gasteiger charge is 2.24. The molecule has 0 saturated carbocycles. The van der Waals surface area contributed by atoms with Gasteiger partial charge in [-0.2, -0.15) is 15.3 Å². The second-order valence-corrected chi connectivity index (χ2v) is 7.25. The number of nitrogens with zero attached hydrogens (tertiary/aromatic N) is 6. The van der Waals surface area contributed by atoms with Gasteiger partial charge in [0.15, 0.2) is 0 Å². The maximum atomic E-state index is 6.86. The Labute approximate surface area is 166 Å². The Morgan fingerprint density at radius 1 is 0.889 bits per heavy atom. The molecule has 0 spiro atoms. The van der Waals surface area contributed by atoms with E-state index in [0.29, 0.717) is 15.7 Å². The lowest BCUT2D eigenvalue weighted by molar-refractivity contribution is 0.740. The second-order valence-electron chi connectivity index (χ2n) is 6.44. The van der Waals surface area contributed by atoms with Crippen LogP contribution < -0.4 is 0 Å². The van der Waals surface area contributed by atoms with E-state index in [1.807, 2.05) is 61.6 Å². The van der Waals surface area contributed by atoms with Crippen LogP contribution in [0.3, 0.4) is 0 Å². The number of benzene rings is 1. The average molecular weight is 401 g/mol. The third kappa shape index (κ3) is 2.85. The Kier molecular flexibility index (Phi) is 4.32. The Hall–Kier alpha value is -2.57. The van der Waals surface area contributed by atoms with Gasteiger partial charge in [0.25, 0.3) is 0 Å². The molecule has 3 aromatic heterocycles. The van der Waals surface area contributed by atoms with Crippen LogP contribution in [0.5, 0.6) is 0 Å². The Bertz CT molecular complexity index is 1150. The van der Waals surface area contributed by atoms with Gasteiger partial charge < -0.3 is 0 Å². The van der Waals surface area contributed by atoms with Crippen molar-refractivity contribution in [3.63, 3.8) is 0 Å². The molecule has 0 aliphatic heterocycles. The van der Waals surface area contributed by atoms with Crippen molar-refractivity contribution in [1.29, 1.82) is 0 Å². The number of rotatable bonds is 3. The monoisotopic (exact) mass is 400 g/mol. The van der Waals surface area contributed by atoms with Gasteiger partial charge in [0.05, 0.1) is 28.8 Å². The van der Waals surface area contributed by atoms with Crippen LogP contribution in [-0.2, 0) is 14.1 Å². The zero-order valence-electron chi connectivity index (χ0n) is 15.4. The van der Waals surface area contributed by atoms with Crippen LogP contribution in [0, 0.1) is 13.8 Å². The number of hydrogen-bond donors (Lipinski definition) is 0. The standard InChI is InChI=1S/C19H18Cl2N6/c1-11-15(9-22-25(11)3)18-17(21)19(16-10-23-26(4)12(16)2)27(24-18)14-7-5-6-13(20)8-14/h5-10H,1-4H3. The second kappa shape index (κ2) is 6.55. The van der Waals surface area contributed by atoms with Crippen LogP contribution in [0.1, 0.15) is 11.4 Å². The number of halogens is 2. The van der Waals surface area contributed by atoms with Crippen molar-refractivity contribution < 1.29 is 0 Å². The minimum absolute atomic E-state index is 0.558. The first-order chi connectivity index (χ1) is 12.9. The summed E-state index contributed by atoms with van der Waals surface area (Å²) in [4.78, 5) is 0. The first-order valence-corrected chi connectivity index (χ1v) is 9.16. The van der Waals surface area contributed by atoms with E-state index in [9.17, 15) is 0 Å². The van der Waals surface area contributed by atoms with Crippen LogP contribution in [0.25, 0.3) is 28.2 Å². The zero-order chi connectivity index (χ0) is 19.3.